The van der Waals surface area contributed by atoms with E-state index in [2.05, 4.69) is 59.3 Å². The van der Waals surface area contributed by atoms with Crippen LogP contribution in [0.2, 0.25) is 0 Å². The molecule has 1 aliphatic heterocycles. The summed E-state index contributed by atoms with van der Waals surface area (Å²) >= 11 is 0. The van der Waals surface area contributed by atoms with Gasteiger partial charge in [0.2, 0.25) is 0 Å². The molecule has 0 saturated heterocycles. The lowest BCUT2D eigenvalue weighted by Crippen LogP contribution is -2.18. The highest BCUT2D eigenvalue weighted by Gasteiger charge is 2.34. The number of esters is 1. The van der Waals surface area contributed by atoms with Crippen molar-refractivity contribution >= 4 is 22.7 Å². The van der Waals surface area contributed by atoms with Crippen LogP contribution in [0.3, 0.4) is 0 Å². The van der Waals surface area contributed by atoms with E-state index in [1.165, 1.54) is 42.4 Å². The van der Waals surface area contributed by atoms with E-state index in [1.54, 1.807) is 0 Å². The number of ether oxygens (including phenoxy) is 2. The number of aromatic nitrogens is 2. The number of imidazole rings is 1. The number of nitrogens with zero attached hydrogens (tertiary/aromatic N) is 2. The van der Waals surface area contributed by atoms with Crippen molar-refractivity contribution in [2.24, 2.45) is 0 Å². The molecule has 0 radical (unpaired) electrons. The molecule has 6 nitrogen and oxygen atoms in total. The lowest BCUT2D eigenvalue weighted by molar-refractivity contribution is -0.149. The molecule has 2 atom stereocenters. The highest BCUT2D eigenvalue weighted by atomic mass is 16.6. The number of para-hydroxylation sites is 2. The van der Waals surface area contributed by atoms with Crippen LogP contribution in [0.1, 0.15) is 61.2 Å². The van der Waals surface area contributed by atoms with Gasteiger partial charge < -0.3 is 14.8 Å². The van der Waals surface area contributed by atoms with Crippen LogP contribution in [-0.4, -0.2) is 21.6 Å². The Bertz CT molecular complexity index is 1440. The lowest BCUT2D eigenvalue weighted by atomic mass is 10.0. The summed E-state index contributed by atoms with van der Waals surface area (Å²) < 4.78 is 13.8. The van der Waals surface area contributed by atoms with E-state index in [-0.39, 0.29) is 18.2 Å². The van der Waals surface area contributed by atoms with Crippen molar-refractivity contribution in [2.45, 2.75) is 58.3 Å². The molecule has 1 N–H and O–H groups in total. The van der Waals surface area contributed by atoms with Crippen molar-refractivity contribution in [1.29, 1.82) is 0 Å². The number of rotatable bonds is 6. The molecule has 2 aliphatic rings. The number of hydrogen-bond acceptors (Lipinski definition) is 5. The summed E-state index contributed by atoms with van der Waals surface area (Å²) in [5, 5.41) is 3.55. The van der Waals surface area contributed by atoms with Crippen LogP contribution in [0.4, 0.5) is 5.69 Å². The zero-order valence-electron chi connectivity index (χ0n) is 20.2. The predicted molar refractivity (Wildman–Crippen MR) is 136 cm³/mol. The summed E-state index contributed by atoms with van der Waals surface area (Å²) in [5.74, 6) is 2.18. The number of nitrogens with one attached hydrogen (secondary N) is 1. The Morgan fingerprint density at radius 1 is 1.14 bits per heavy atom. The summed E-state index contributed by atoms with van der Waals surface area (Å²) in [6, 6.07) is 20.9. The summed E-state index contributed by atoms with van der Waals surface area (Å²) in [5.41, 5.74) is 7.76. The number of benzene rings is 3. The average Bonchev–Trinajstić information content (AvgIpc) is 3.55. The third kappa shape index (κ3) is 3.93. The molecule has 6 heteroatoms. The molecule has 178 valence electrons. The Kier molecular flexibility index (Phi) is 5.24. The molecule has 1 unspecified atom stereocenters. The summed E-state index contributed by atoms with van der Waals surface area (Å²) in [6.45, 7) is 6.23. The largest absolute Gasteiger partial charge is 0.486 e. The van der Waals surface area contributed by atoms with Crippen LogP contribution in [0.15, 0.2) is 60.7 Å². The smallest absolute Gasteiger partial charge is 0.303 e. The summed E-state index contributed by atoms with van der Waals surface area (Å²) in [4.78, 5) is 16.4. The maximum Gasteiger partial charge on any atom is 0.303 e. The second kappa shape index (κ2) is 8.45. The number of hydrogen-bond donors (Lipinski definition) is 1. The number of carbonyl (C=O) groups excluding carboxylic acids is 1. The molecule has 0 spiro atoms. The van der Waals surface area contributed by atoms with E-state index in [1.807, 2.05) is 25.1 Å². The van der Waals surface area contributed by atoms with Crippen molar-refractivity contribution < 1.29 is 14.3 Å². The van der Waals surface area contributed by atoms with Gasteiger partial charge in [-0.05, 0) is 68.1 Å². The minimum absolute atomic E-state index is 0.200. The van der Waals surface area contributed by atoms with Gasteiger partial charge in [-0.25, -0.2) is 4.98 Å². The fourth-order valence-electron chi connectivity index (χ4n) is 5.05. The van der Waals surface area contributed by atoms with Crippen molar-refractivity contribution in [3.05, 3.63) is 83.2 Å². The number of carbonyl (C=O) groups is 1. The van der Waals surface area contributed by atoms with Gasteiger partial charge in [-0.1, -0.05) is 24.3 Å². The first-order chi connectivity index (χ1) is 17.0. The molecule has 4 aromatic rings. The molecule has 1 aliphatic carbocycles. The average molecular weight is 468 g/mol. The fraction of sp³-hybridized carbons (Fsp3) is 0.310. The first-order valence-corrected chi connectivity index (χ1v) is 12.3. The van der Waals surface area contributed by atoms with Gasteiger partial charge in [-0.2, -0.15) is 0 Å². The second-order valence-electron chi connectivity index (χ2n) is 9.59. The van der Waals surface area contributed by atoms with Crippen LogP contribution in [0, 0.1) is 6.92 Å². The van der Waals surface area contributed by atoms with Crippen LogP contribution >= 0.6 is 0 Å². The maximum atomic E-state index is 11.5. The molecular formula is C29H29N3O3. The minimum atomic E-state index is -0.360. The molecule has 3 aromatic carbocycles. The molecule has 1 aromatic heterocycles. The quantitative estimate of drug-likeness (QED) is 0.342. The first kappa shape index (κ1) is 21.7. The van der Waals surface area contributed by atoms with Crippen LogP contribution in [-0.2, 0) is 16.1 Å². The van der Waals surface area contributed by atoms with Gasteiger partial charge in [0.25, 0.3) is 0 Å². The van der Waals surface area contributed by atoms with Crippen LogP contribution in [0.5, 0.6) is 5.75 Å². The van der Waals surface area contributed by atoms with E-state index in [0.717, 1.165) is 28.0 Å². The van der Waals surface area contributed by atoms with Crippen molar-refractivity contribution in [1.82, 2.24) is 9.55 Å². The van der Waals surface area contributed by atoms with Crippen molar-refractivity contribution in [2.75, 3.05) is 5.32 Å². The zero-order chi connectivity index (χ0) is 24.1. The van der Waals surface area contributed by atoms with Gasteiger partial charge in [-0.3, -0.25) is 9.36 Å². The third-order valence-electron chi connectivity index (χ3n) is 7.02. The molecule has 0 bridgehead atoms. The molecule has 35 heavy (non-hydrogen) atoms. The first-order valence-electron chi connectivity index (χ1n) is 12.3. The predicted octanol–water partition coefficient (Wildman–Crippen LogP) is 6.21. The Balaban J connectivity index is 1.27. The van der Waals surface area contributed by atoms with Gasteiger partial charge in [0, 0.05) is 36.7 Å². The van der Waals surface area contributed by atoms with Gasteiger partial charge in [0.05, 0.1) is 16.7 Å². The fourth-order valence-corrected chi connectivity index (χ4v) is 5.05. The molecule has 1 saturated carbocycles. The lowest BCUT2D eigenvalue weighted by Gasteiger charge is -2.16. The normalized spacial score (nSPS) is 18.8. The Morgan fingerprint density at radius 3 is 2.77 bits per heavy atom. The van der Waals surface area contributed by atoms with Gasteiger partial charge in [0.15, 0.2) is 6.10 Å². The van der Waals surface area contributed by atoms with E-state index in [4.69, 9.17) is 14.5 Å². The SMILES string of the molecule is CC(=O)O[C@H]1c2ccc(NCc3cccc(-n4c(C5CC5)nc5ccccc54)c3C)cc2OC1C. The molecule has 6 rings (SSSR count). The molecule has 2 heterocycles. The van der Waals surface area contributed by atoms with Crippen LogP contribution < -0.4 is 10.1 Å². The monoisotopic (exact) mass is 467 g/mol. The topological polar surface area (TPSA) is 65.4 Å². The van der Waals surface area contributed by atoms with Gasteiger partial charge in [0.1, 0.15) is 17.7 Å². The van der Waals surface area contributed by atoms with E-state index in [9.17, 15) is 4.79 Å². The van der Waals surface area contributed by atoms with Crippen LogP contribution in [0.25, 0.3) is 16.7 Å². The molecule has 1 fully saturated rings. The number of anilines is 1. The van der Waals surface area contributed by atoms with E-state index in [0.29, 0.717) is 12.5 Å². The number of fused-ring (bicyclic) bond motifs is 2. The summed E-state index contributed by atoms with van der Waals surface area (Å²) in [6.07, 6.45) is 1.86. The maximum absolute atomic E-state index is 11.5. The van der Waals surface area contributed by atoms with E-state index < -0.39 is 0 Å². The zero-order valence-corrected chi connectivity index (χ0v) is 20.2. The highest BCUT2D eigenvalue weighted by Crippen LogP contribution is 2.43. The molecular weight excluding hydrogens is 438 g/mol. The standard InChI is InChI=1S/C29H29N3O3/c1-17-21(16-30-22-13-14-23-27(15-22)34-18(2)28(23)35-19(3)33)7-6-10-25(17)32-26-9-5-4-8-24(26)31-29(32)20-11-12-20/h4-10,13-15,18,20,28,30H,11-12,16H2,1-3H3/t18?,28-/m1/s1. The minimum Gasteiger partial charge on any atom is -0.486 e. The molecule has 0 amide bonds. The Labute approximate surface area is 204 Å². The van der Waals surface area contributed by atoms with Gasteiger partial charge >= 0.3 is 5.97 Å². The van der Waals surface area contributed by atoms with Gasteiger partial charge in [-0.15, -0.1) is 0 Å². The van der Waals surface area contributed by atoms with E-state index >= 15 is 0 Å². The van der Waals surface area contributed by atoms with Crippen molar-refractivity contribution in [3.63, 3.8) is 0 Å². The Morgan fingerprint density at radius 2 is 1.97 bits per heavy atom. The highest BCUT2D eigenvalue weighted by molar-refractivity contribution is 5.79. The Hall–Kier alpha value is -3.80. The van der Waals surface area contributed by atoms with Crippen molar-refractivity contribution in [3.8, 4) is 11.4 Å². The second-order valence-corrected chi connectivity index (χ2v) is 9.59. The summed E-state index contributed by atoms with van der Waals surface area (Å²) in [7, 11) is 0. The third-order valence-corrected chi connectivity index (χ3v) is 7.02.